The van der Waals surface area contributed by atoms with Crippen molar-refractivity contribution in [3.63, 3.8) is 0 Å². The molecule has 0 radical (unpaired) electrons. The number of fused-ring (bicyclic) bond motifs is 4. The predicted octanol–water partition coefficient (Wildman–Crippen LogP) is -2.89. The van der Waals surface area contributed by atoms with Gasteiger partial charge < -0.3 is 20.1 Å². The average Bonchev–Trinajstić information content (AvgIpc) is 2.97. The molecule has 23 heavy (non-hydrogen) atoms. The first-order valence-electron chi connectivity index (χ1n) is 7.85. The zero-order valence-electron chi connectivity index (χ0n) is 13.3. The Kier molecular flexibility index (Phi) is 4.79. The summed E-state index contributed by atoms with van der Waals surface area (Å²) in [6.45, 7) is 4.09. The maximum absolute atomic E-state index is 11.3. The van der Waals surface area contributed by atoms with E-state index in [0.717, 1.165) is 23.7 Å². The molecular weight excluding hydrogens is 287 g/mol. The van der Waals surface area contributed by atoms with E-state index in [0.29, 0.717) is 18.0 Å². The van der Waals surface area contributed by atoms with Gasteiger partial charge >= 0.3 is 18.9 Å². The van der Waals surface area contributed by atoms with E-state index in [1.54, 1.807) is 12.1 Å². The van der Waals surface area contributed by atoms with Crippen LogP contribution in [0, 0.1) is 5.92 Å². The molecule has 0 spiro atoms. The topological polar surface area (TPSA) is 84.1 Å². The van der Waals surface area contributed by atoms with Crippen molar-refractivity contribution in [2.75, 3.05) is 19.6 Å². The second-order valence-electron chi connectivity index (χ2n) is 6.31. The molecule has 2 bridgehead atoms. The van der Waals surface area contributed by atoms with E-state index in [4.69, 9.17) is 0 Å². The van der Waals surface area contributed by atoms with Gasteiger partial charge in [0, 0.05) is 30.1 Å². The number of nitrogens with zero attached hydrogens (tertiary/aromatic N) is 2. The molecule has 1 atom stereocenters. The van der Waals surface area contributed by atoms with Crippen molar-refractivity contribution in [2.24, 2.45) is 5.92 Å². The van der Waals surface area contributed by atoms with Crippen LogP contribution in [0.2, 0.25) is 0 Å². The molecule has 1 aromatic heterocycles. The van der Waals surface area contributed by atoms with E-state index in [1.807, 2.05) is 6.07 Å². The van der Waals surface area contributed by atoms with Gasteiger partial charge in [-0.05, 0) is 37.9 Å². The number of benzene rings is 1. The number of aromatic amines is 1. The van der Waals surface area contributed by atoms with Crippen LogP contribution < -0.4 is 29.3 Å². The standard InChI is InChI=1S/C16H20N4O2.Li/c21-16(22)11-2-1-3-12-15(11)13(19-18-12)8-17-14-9-20-6-4-10(14)5-7-20;/h1-3,10,14,17H,4-9H2,(H,18,19)(H,21,22);/q;+1/p-1/t14-;/m0./s1. The Bertz CT molecular complexity index is 709. The van der Waals surface area contributed by atoms with Crippen LogP contribution in [-0.4, -0.2) is 46.7 Å². The number of hydrogen-bond acceptors (Lipinski definition) is 5. The fraction of sp³-hybridized carbons (Fsp3) is 0.500. The fourth-order valence-corrected chi connectivity index (χ4v) is 3.86. The summed E-state index contributed by atoms with van der Waals surface area (Å²) in [5.74, 6) is -0.424. The number of carbonyl (C=O) groups is 1. The minimum absolute atomic E-state index is 0. The summed E-state index contributed by atoms with van der Waals surface area (Å²) < 4.78 is 0. The largest absolute Gasteiger partial charge is 1.00 e. The molecule has 4 heterocycles. The molecule has 0 amide bonds. The van der Waals surface area contributed by atoms with E-state index in [9.17, 15) is 9.90 Å². The monoisotopic (exact) mass is 306 g/mol. The minimum atomic E-state index is -1.16. The van der Waals surface area contributed by atoms with Crippen molar-refractivity contribution in [1.82, 2.24) is 20.4 Å². The van der Waals surface area contributed by atoms with Crippen LogP contribution in [0.1, 0.15) is 28.9 Å². The molecule has 2 aromatic rings. The summed E-state index contributed by atoms with van der Waals surface area (Å²) in [6, 6.07) is 5.60. The van der Waals surface area contributed by atoms with Crippen molar-refractivity contribution >= 4 is 16.9 Å². The number of carboxylic acid groups (broad SMARTS) is 1. The molecule has 3 aliphatic heterocycles. The number of nitrogens with one attached hydrogen (secondary N) is 2. The van der Waals surface area contributed by atoms with Crippen LogP contribution in [0.3, 0.4) is 0 Å². The molecule has 0 unspecified atom stereocenters. The van der Waals surface area contributed by atoms with Crippen molar-refractivity contribution in [2.45, 2.75) is 25.4 Å². The Morgan fingerprint density at radius 3 is 2.83 bits per heavy atom. The molecule has 0 saturated carbocycles. The van der Waals surface area contributed by atoms with Gasteiger partial charge in [0.05, 0.1) is 17.2 Å². The number of H-pyrrole nitrogens is 1. The summed E-state index contributed by atoms with van der Waals surface area (Å²) >= 11 is 0. The smallest absolute Gasteiger partial charge is 0.545 e. The molecule has 5 rings (SSSR count). The zero-order valence-corrected chi connectivity index (χ0v) is 13.3. The van der Waals surface area contributed by atoms with Gasteiger partial charge in [-0.3, -0.25) is 5.10 Å². The first-order valence-corrected chi connectivity index (χ1v) is 7.85. The van der Waals surface area contributed by atoms with Crippen LogP contribution in [0.15, 0.2) is 18.2 Å². The second-order valence-corrected chi connectivity index (χ2v) is 6.31. The molecule has 3 fully saturated rings. The van der Waals surface area contributed by atoms with Gasteiger partial charge in [0.25, 0.3) is 0 Å². The van der Waals surface area contributed by atoms with Crippen LogP contribution in [0.25, 0.3) is 10.9 Å². The van der Waals surface area contributed by atoms with E-state index in [2.05, 4.69) is 20.4 Å². The Morgan fingerprint density at radius 2 is 2.17 bits per heavy atom. The number of rotatable bonds is 4. The van der Waals surface area contributed by atoms with Crippen molar-refractivity contribution in [3.8, 4) is 0 Å². The summed E-state index contributed by atoms with van der Waals surface area (Å²) in [6.07, 6.45) is 2.51. The molecule has 3 saturated heterocycles. The number of carboxylic acids is 1. The minimum Gasteiger partial charge on any atom is -0.545 e. The predicted molar refractivity (Wildman–Crippen MR) is 80.2 cm³/mol. The van der Waals surface area contributed by atoms with Gasteiger partial charge in [0.1, 0.15) is 0 Å². The molecule has 7 heteroatoms. The number of aromatic nitrogens is 2. The van der Waals surface area contributed by atoms with Crippen molar-refractivity contribution in [1.29, 1.82) is 0 Å². The molecule has 2 N–H and O–H groups in total. The number of hydrogen-bond donors (Lipinski definition) is 2. The first-order chi connectivity index (χ1) is 10.7. The summed E-state index contributed by atoms with van der Waals surface area (Å²) in [5.41, 5.74) is 1.70. The third-order valence-corrected chi connectivity index (χ3v) is 5.07. The van der Waals surface area contributed by atoms with Crippen LogP contribution >= 0.6 is 0 Å². The molecule has 0 aliphatic carbocycles. The summed E-state index contributed by atoms with van der Waals surface area (Å²) in [4.78, 5) is 13.8. The number of piperidine rings is 3. The Hall–Kier alpha value is -1.32. The third-order valence-electron chi connectivity index (χ3n) is 5.07. The maximum atomic E-state index is 11.3. The molecule has 1 aromatic carbocycles. The first kappa shape index (κ1) is 16.5. The fourth-order valence-electron chi connectivity index (χ4n) is 3.86. The third kappa shape index (κ3) is 3.04. The van der Waals surface area contributed by atoms with Crippen LogP contribution in [0.4, 0.5) is 0 Å². The van der Waals surface area contributed by atoms with Gasteiger partial charge in [0.15, 0.2) is 0 Å². The number of carbonyl (C=O) groups excluding carboxylic acids is 1. The van der Waals surface area contributed by atoms with Gasteiger partial charge in [0.2, 0.25) is 0 Å². The average molecular weight is 306 g/mol. The number of aromatic carboxylic acids is 1. The summed E-state index contributed by atoms with van der Waals surface area (Å²) in [7, 11) is 0. The SMILES string of the molecule is O=C([O-])c1cccc2[nH]nc(CN[C@H]3CN4CCC3CC4)c12.[Li+]. The van der Waals surface area contributed by atoms with E-state index >= 15 is 0 Å². The Labute approximate surface area is 146 Å². The van der Waals surface area contributed by atoms with Gasteiger partial charge in [-0.2, -0.15) is 5.10 Å². The second kappa shape index (κ2) is 6.66. The Balaban J connectivity index is 0.00000156. The molecule has 116 valence electrons. The quantitative estimate of drug-likeness (QED) is 0.593. The molecular formula is C16H19LiN4O2. The van der Waals surface area contributed by atoms with Crippen molar-refractivity contribution in [3.05, 3.63) is 29.5 Å². The van der Waals surface area contributed by atoms with E-state index in [-0.39, 0.29) is 24.4 Å². The molecule has 3 aliphatic rings. The van der Waals surface area contributed by atoms with E-state index in [1.165, 1.54) is 25.9 Å². The zero-order chi connectivity index (χ0) is 15.1. The van der Waals surface area contributed by atoms with Crippen molar-refractivity contribution < 1.29 is 28.8 Å². The summed E-state index contributed by atoms with van der Waals surface area (Å²) in [5, 5.41) is 22.7. The molecule has 6 nitrogen and oxygen atoms in total. The normalized spacial score (nSPS) is 26.2. The van der Waals surface area contributed by atoms with Crippen LogP contribution in [0.5, 0.6) is 0 Å². The van der Waals surface area contributed by atoms with Gasteiger partial charge in [-0.1, -0.05) is 12.1 Å². The maximum Gasteiger partial charge on any atom is 1.00 e. The van der Waals surface area contributed by atoms with Crippen LogP contribution in [-0.2, 0) is 6.54 Å². The van der Waals surface area contributed by atoms with Gasteiger partial charge in [-0.25, -0.2) is 0 Å². The van der Waals surface area contributed by atoms with Gasteiger partial charge in [-0.15, -0.1) is 0 Å². The van der Waals surface area contributed by atoms with E-state index < -0.39 is 5.97 Å². The Morgan fingerprint density at radius 1 is 1.39 bits per heavy atom.